The highest BCUT2D eigenvalue weighted by atomic mass is 127. The summed E-state index contributed by atoms with van der Waals surface area (Å²) < 4.78 is 31.9. The minimum absolute atomic E-state index is 0.0437. The fourth-order valence-corrected chi connectivity index (χ4v) is 2.97. The number of hydrogen-bond acceptors (Lipinski definition) is 3. The van der Waals surface area contributed by atoms with Gasteiger partial charge in [0.1, 0.15) is 5.60 Å². The monoisotopic (exact) mass is 488 g/mol. The van der Waals surface area contributed by atoms with Crippen LogP contribution >= 0.6 is 22.6 Å². The van der Waals surface area contributed by atoms with E-state index in [4.69, 9.17) is 4.74 Å². The van der Waals surface area contributed by atoms with Crippen molar-refractivity contribution in [2.24, 2.45) is 5.92 Å². The standard InChI is InChI=1S/C18H31F2IN2O3/c1-16(2,3)26-15(25)22-23(14(24)8-9-17(4,5)21)12-13-6-10-18(19,20)11-7-13/h13H,6-12H2,1-5H3,(H,22,25). The van der Waals surface area contributed by atoms with Crippen LogP contribution in [0.4, 0.5) is 13.6 Å². The largest absolute Gasteiger partial charge is 0.443 e. The molecular weight excluding hydrogens is 457 g/mol. The van der Waals surface area contributed by atoms with Crippen molar-refractivity contribution in [3.8, 4) is 0 Å². The van der Waals surface area contributed by atoms with Gasteiger partial charge in [-0.2, -0.15) is 0 Å². The number of alkyl halides is 3. The van der Waals surface area contributed by atoms with Gasteiger partial charge in [0.15, 0.2) is 0 Å². The summed E-state index contributed by atoms with van der Waals surface area (Å²) in [6, 6.07) is 0. The van der Waals surface area contributed by atoms with Gasteiger partial charge in [-0.25, -0.2) is 19.0 Å². The molecule has 0 aromatic carbocycles. The van der Waals surface area contributed by atoms with Crippen LogP contribution in [0.1, 0.15) is 73.1 Å². The number of ether oxygens (including phenoxy) is 1. The van der Waals surface area contributed by atoms with Crippen molar-refractivity contribution in [3.05, 3.63) is 0 Å². The minimum atomic E-state index is -2.62. The molecule has 0 bridgehead atoms. The SMILES string of the molecule is CC(C)(I)CCC(=O)N(CC1CCC(F)(F)CC1)NC(=O)OC(C)(C)C. The number of carbonyl (C=O) groups is 2. The summed E-state index contributed by atoms with van der Waals surface area (Å²) in [4.78, 5) is 24.7. The molecule has 1 aliphatic carbocycles. The van der Waals surface area contributed by atoms with E-state index >= 15 is 0 Å². The molecule has 1 aliphatic rings. The Morgan fingerprint density at radius 1 is 1.19 bits per heavy atom. The zero-order valence-electron chi connectivity index (χ0n) is 16.3. The van der Waals surface area contributed by atoms with E-state index in [0.29, 0.717) is 19.3 Å². The average molecular weight is 488 g/mol. The van der Waals surface area contributed by atoms with Crippen molar-refractivity contribution in [3.63, 3.8) is 0 Å². The molecular formula is C18H31F2IN2O3. The lowest BCUT2D eigenvalue weighted by Crippen LogP contribution is -2.50. The summed E-state index contributed by atoms with van der Waals surface area (Å²) in [5.74, 6) is -2.89. The third-order valence-corrected chi connectivity index (χ3v) is 4.68. The van der Waals surface area contributed by atoms with Crippen molar-refractivity contribution < 1.29 is 23.1 Å². The Morgan fingerprint density at radius 2 is 1.73 bits per heavy atom. The molecule has 0 radical (unpaired) electrons. The second-order valence-corrected chi connectivity index (χ2v) is 11.6. The third kappa shape index (κ3) is 9.87. The first-order chi connectivity index (χ1) is 11.7. The third-order valence-electron chi connectivity index (χ3n) is 4.14. The van der Waals surface area contributed by atoms with Crippen molar-refractivity contribution in [1.82, 2.24) is 10.4 Å². The normalized spacial score (nSPS) is 18.3. The second kappa shape index (κ2) is 9.01. The zero-order chi connectivity index (χ0) is 20.2. The number of halogens is 3. The Morgan fingerprint density at radius 3 is 2.19 bits per heavy atom. The van der Waals surface area contributed by atoms with E-state index in [1.54, 1.807) is 20.8 Å². The van der Waals surface area contributed by atoms with Crippen LogP contribution in [0.3, 0.4) is 0 Å². The first-order valence-electron chi connectivity index (χ1n) is 9.04. The van der Waals surface area contributed by atoms with Crippen LogP contribution in [-0.2, 0) is 9.53 Å². The van der Waals surface area contributed by atoms with Gasteiger partial charge >= 0.3 is 6.09 Å². The average Bonchev–Trinajstić information content (AvgIpc) is 2.43. The van der Waals surface area contributed by atoms with Crippen LogP contribution in [0, 0.1) is 5.92 Å². The Balaban J connectivity index is 2.71. The molecule has 0 spiro atoms. The summed E-state index contributed by atoms with van der Waals surface area (Å²) in [6.07, 6.45) is 0.547. The van der Waals surface area contributed by atoms with Crippen molar-refractivity contribution >= 4 is 34.6 Å². The molecule has 1 N–H and O–H groups in total. The maximum absolute atomic E-state index is 13.4. The van der Waals surface area contributed by atoms with Gasteiger partial charge in [0.05, 0.1) is 0 Å². The predicted octanol–water partition coefficient (Wildman–Crippen LogP) is 5.07. The first kappa shape index (κ1) is 23.4. The molecule has 5 nitrogen and oxygen atoms in total. The molecule has 0 aliphatic heterocycles. The Kier molecular flexibility index (Phi) is 8.10. The molecule has 0 aromatic heterocycles. The maximum atomic E-state index is 13.4. The molecule has 1 saturated carbocycles. The van der Waals surface area contributed by atoms with E-state index in [-0.39, 0.29) is 41.1 Å². The van der Waals surface area contributed by atoms with Gasteiger partial charge in [0.25, 0.3) is 0 Å². The van der Waals surface area contributed by atoms with Crippen LogP contribution in [0.5, 0.6) is 0 Å². The van der Waals surface area contributed by atoms with E-state index in [1.165, 1.54) is 5.01 Å². The predicted molar refractivity (Wildman–Crippen MR) is 105 cm³/mol. The quantitative estimate of drug-likeness (QED) is 0.334. The number of hydrogen-bond donors (Lipinski definition) is 1. The summed E-state index contributed by atoms with van der Waals surface area (Å²) in [5, 5.41) is 1.25. The highest BCUT2D eigenvalue weighted by Crippen LogP contribution is 2.36. The lowest BCUT2D eigenvalue weighted by Gasteiger charge is -2.33. The first-order valence-corrected chi connectivity index (χ1v) is 10.1. The van der Waals surface area contributed by atoms with E-state index in [9.17, 15) is 18.4 Å². The number of hydrazine groups is 1. The highest BCUT2D eigenvalue weighted by Gasteiger charge is 2.36. The van der Waals surface area contributed by atoms with E-state index < -0.39 is 17.6 Å². The molecule has 0 heterocycles. The number of amides is 2. The van der Waals surface area contributed by atoms with Crippen LogP contribution in [0.2, 0.25) is 0 Å². The summed E-state index contributed by atoms with van der Waals surface area (Å²) in [5.41, 5.74) is 1.83. The zero-order valence-corrected chi connectivity index (χ0v) is 18.5. The molecule has 152 valence electrons. The number of nitrogens with one attached hydrogen (secondary N) is 1. The summed E-state index contributed by atoms with van der Waals surface area (Å²) in [7, 11) is 0. The van der Waals surface area contributed by atoms with Gasteiger partial charge in [-0.05, 0) is 46.0 Å². The minimum Gasteiger partial charge on any atom is -0.443 e. The highest BCUT2D eigenvalue weighted by molar-refractivity contribution is 14.1. The smallest absolute Gasteiger partial charge is 0.426 e. The van der Waals surface area contributed by atoms with E-state index in [2.05, 4.69) is 28.0 Å². The molecule has 0 saturated heterocycles. The van der Waals surface area contributed by atoms with Crippen molar-refractivity contribution in [2.75, 3.05) is 6.54 Å². The maximum Gasteiger partial charge on any atom is 0.426 e. The molecule has 0 atom stereocenters. The molecule has 26 heavy (non-hydrogen) atoms. The van der Waals surface area contributed by atoms with Gasteiger partial charge in [-0.1, -0.05) is 36.4 Å². The topological polar surface area (TPSA) is 58.6 Å². The van der Waals surface area contributed by atoms with E-state index in [1.807, 2.05) is 13.8 Å². The summed E-state index contributed by atoms with van der Waals surface area (Å²) >= 11 is 2.27. The molecule has 1 fully saturated rings. The molecule has 1 rings (SSSR count). The molecule has 0 unspecified atom stereocenters. The number of nitrogens with zero attached hydrogens (tertiary/aromatic N) is 1. The molecule has 0 aromatic rings. The van der Waals surface area contributed by atoms with Crippen molar-refractivity contribution in [1.29, 1.82) is 0 Å². The Bertz CT molecular complexity index is 492. The van der Waals surface area contributed by atoms with Crippen LogP contribution in [0.25, 0.3) is 0 Å². The number of rotatable bonds is 5. The number of carbonyl (C=O) groups excluding carboxylic acids is 2. The van der Waals surface area contributed by atoms with E-state index in [0.717, 1.165) is 0 Å². The second-order valence-electron chi connectivity index (χ2n) is 8.64. The van der Waals surface area contributed by atoms with Gasteiger partial charge in [-0.3, -0.25) is 9.80 Å². The lowest BCUT2D eigenvalue weighted by molar-refractivity contribution is -0.136. The van der Waals surface area contributed by atoms with Crippen LogP contribution < -0.4 is 5.43 Å². The van der Waals surface area contributed by atoms with Gasteiger partial charge in [0, 0.05) is 29.2 Å². The van der Waals surface area contributed by atoms with Gasteiger partial charge < -0.3 is 4.74 Å². The molecule has 2 amide bonds. The van der Waals surface area contributed by atoms with Crippen LogP contribution in [-0.4, -0.2) is 38.5 Å². The Hall–Kier alpha value is -0.670. The van der Waals surface area contributed by atoms with Gasteiger partial charge in [-0.15, -0.1) is 0 Å². The Labute approximate surface area is 168 Å². The fraction of sp³-hybridized carbons (Fsp3) is 0.889. The molecule has 8 heteroatoms. The van der Waals surface area contributed by atoms with Crippen LogP contribution in [0.15, 0.2) is 0 Å². The summed E-state index contributed by atoms with van der Waals surface area (Å²) in [6.45, 7) is 9.49. The van der Waals surface area contributed by atoms with Gasteiger partial charge in [0.2, 0.25) is 11.8 Å². The fourth-order valence-electron chi connectivity index (χ4n) is 2.70. The lowest BCUT2D eigenvalue weighted by atomic mass is 9.86. The van der Waals surface area contributed by atoms with Crippen molar-refractivity contribution in [2.45, 2.75) is 88.1 Å².